The number of methoxy groups -OCH3 is 1. The molecule has 0 radical (unpaired) electrons. The van der Waals surface area contributed by atoms with Crippen LogP contribution in [0, 0.1) is 12.8 Å². The van der Waals surface area contributed by atoms with E-state index in [1.807, 2.05) is 0 Å². The van der Waals surface area contributed by atoms with Crippen molar-refractivity contribution >= 4 is 0 Å². The topological polar surface area (TPSA) is 39.1 Å². The summed E-state index contributed by atoms with van der Waals surface area (Å²) < 4.78 is 7.07. The number of hydrogen-bond acceptors (Lipinski definition) is 3. The van der Waals surface area contributed by atoms with E-state index in [0.29, 0.717) is 5.92 Å². The van der Waals surface area contributed by atoms with Gasteiger partial charge in [-0.05, 0) is 12.8 Å². The molecule has 0 aliphatic heterocycles. The van der Waals surface area contributed by atoms with E-state index in [0.717, 1.165) is 31.9 Å². The van der Waals surface area contributed by atoms with Crippen LogP contribution in [0.15, 0.2) is 6.20 Å². The highest BCUT2D eigenvalue weighted by Gasteiger charge is 2.06. The molecule has 0 fully saturated rings. The van der Waals surface area contributed by atoms with Gasteiger partial charge in [0.2, 0.25) is 0 Å². The molecule has 4 nitrogen and oxygen atoms in total. The van der Waals surface area contributed by atoms with Crippen molar-refractivity contribution in [1.82, 2.24) is 15.1 Å². The number of ether oxygens (including phenoxy) is 1. The molecule has 98 valence electrons. The second kappa shape index (κ2) is 7.45. The predicted octanol–water partition coefficient (Wildman–Crippen LogP) is 1.97. The van der Waals surface area contributed by atoms with Gasteiger partial charge in [0.1, 0.15) is 0 Å². The number of rotatable bonds is 8. The molecular formula is C13H25N3O. The van der Waals surface area contributed by atoms with E-state index in [2.05, 4.69) is 42.1 Å². The first-order valence-corrected chi connectivity index (χ1v) is 6.40. The third-order valence-corrected chi connectivity index (χ3v) is 3.04. The molecule has 0 aliphatic rings. The van der Waals surface area contributed by atoms with Crippen molar-refractivity contribution in [3.05, 3.63) is 17.5 Å². The van der Waals surface area contributed by atoms with E-state index in [4.69, 9.17) is 4.74 Å². The van der Waals surface area contributed by atoms with Gasteiger partial charge in [-0.1, -0.05) is 20.3 Å². The van der Waals surface area contributed by atoms with Crippen LogP contribution in [-0.2, 0) is 17.8 Å². The van der Waals surface area contributed by atoms with E-state index < -0.39 is 0 Å². The van der Waals surface area contributed by atoms with Crippen LogP contribution in [0.2, 0.25) is 0 Å². The third-order valence-electron chi connectivity index (χ3n) is 3.04. The first kappa shape index (κ1) is 14.2. The van der Waals surface area contributed by atoms with E-state index in [1.54, 1.807) is 7.11 Å². The monoisotopic (exact) mass is 239 g/mol. The van der Waals surface area contributed by atoms with Gasteiger partial charge in [0.25, 0.3) is 0 Å². The minimum Gasteiger partial charge on any atom is -0.383 e. The highest BCUT2D eigenvalue weighted by molar-refractivity contribution is 5.15. The largest absolute Gasteiger partial charge is 0.383 e. The van der Waals surface area contributed by atoms with E-state index >= 15 is 0 Å². The molecule has 1 N–H and O–H groups in total. The summed E-state index contributed by atoms with van der Waals surface area (Å²) in [6.07, 6.45) is 3.35. The van der Waals surface area contributed by atoms with Gasteiger partial charge in [0, 0.05) is 38.5 Å². The average molecular weight is 239 g/mol. The second-order valence-electron chi connectivity index (χ2n) is 4.64. The highest BCUT2D eigenvalue weighted by Crippen LogP contribution is 2.09. The summed E-state index contributed by atoms with van der Waals surface area (Å²) in [6.45, 7) is 10.1. The fourth-order valence-corrected chi connectivity index (χ4v) is 1.67. The molecule has 0 bridgehead atoms. The number of aromatic nitrogens is 2. The van der Waals surface area contributed by atoms with Crippen LogP contribution in [0.3, 0.4) is 0 Å². The molecule has 4 heteroatoms. The van der Waals surface area contributed by atoms with E-state index in [1.165, 1.54) is 12.0 Å². The van der Waals surface area contributed by atoms with E-state index in [-0.39, 0.29) is 0 Å². The zero-order valence-corrected chi connectivity index (χ0v) is 11.5. The average Bonchev–Trinajstić information content (AvgIpc) is 2.65. The Labute approximate surface area is 104 Å². The molecule has 1 heterocycles. The van der Waals surface area contributed by atoms with Crippen LogP contribution in [0.25, 0.3) is 0 Å². The minimum absolute atomic E-state index is 0.684. The van der Waals surface area contributed by atoms with Gasteiger partial charge >= 0.3 is 0 Å². The maximum absolute atomic E-state index is 5.00. The molecular weight excluding hydrogens is 214 g/mol. The molecule has 1 aromatic heterocycles. The molecule has 1 aromatic rings. The fourth-order valence-electron chi connectivity index (χ4n) is 1.67. The second-order valence-corrected chi connectivity index (χ2v) is 4.64. The lowest BCUT2D eigenvalue weighted by Gasteiger charge is -2.07. The quantitative estimate of drug-likeness (QED) is 0.705. The number of aryl methyl sites for hydroxylation is 1. The van der Waals surface area contributed by atoms with E-state index in [9.17, 15) is 0 Å². The Morgan fingerprint density at radius 3 is 2.94 bits per heavy atom. The summed E-state index contributed by atoms with van der Waals surface area (Å²) in [4.78, 5) is 0. The molecule has 0 aromatic carbocycles. The number of nitrogens with one attached hydrogen (secondary N) is 1. The third kappa shape index (κ3) is 4.88. The lowest BCUT2D eigenvalue weighted by Crippen LogP contribution is -2.18. The van der Waals surface area contributed by atoms with Gasteiger partial charge in [-0.3, -0.25) is 4.68 Å². The summed E-state index contributed by atoms with van der Waals surface area (Å²) in [5.41, 5.74) is 2.41. The van der Waals surface area contributed by atoms with Crippen molar-refractivity contribution in [1.29, 1.82) is 0 Å². The van der Waals surface area contributed by atoms with Crippen LogP contribution >= 0.6 is 0 Å². The molecule has 0 amide bonds. The Hall–Kier alpha value is -0.870. The van der Waals surface area contributed by atoms with Gasteiger partial charge in [0.05, 0.1) is 12.3 Å². The van der Waals surface area contributed by atoms with Gasteiger partial charge in [-0.15, -0.1) is 0 Å². The molecule has 0 spiro atoms. The summed E-state index contributed by atoms with van der Waals surface area (Å²) in [5.74, 6) is 0.684. The van der Waals surface area contributed by atoms with Crippen molar-refractivity contribution in [3.8, 4) is 0 Å². The van der Waals surface area contributed by atoms with Gasteiger partial charge in [0.15, 0.2) is 0 Å². The van der Waals surface area contributed by atoms with Crippen LogP contribution in [-0.4, -0.2) is 30.0 Å². The number of hydrogen-bond donors (Lipinski definition) is 1. The van der Waals surface area contributed by atoms with Crippen LogP contribution in [0.5, 0.6) is 0 Å². The predicted molar refractivity (Wildman–Crippen MR) is 70.0 cm³/mol. The standard InChI is InChI=1S/C13H25N3O/c1-5-11(2)9-16-10-13(12(3)15-16)8-14-6-7-17-4/h10-11,14H,5-9H2,1-4H3. The Balaban J connectivity index is 2.44. The highest BCUT2D eigenvalue weighted by atomic mass is 16.5. The maximum atomic E-state index is 5.00. The first-order chi connectivity index (χ1) is 8.17. The lowest BCUT2D eigenvalue weighted by atomic mass is 10.1. The maximum Gasteiger partial charge on any atom is 0.0638 e. The molecule has 17 heavy (non-hydrogen) atoms. The summed E-state index contributed by atoms with van der Waals surface area (Å²) in [6, 6.07) is 0. The van der Waals surface area contributed by atoms with Gasteiger partial charge in [-0.2, -0.15) is 5.10 Å². The molecule has 0 saturated carbocycles. The minimum atomic E-state index is 0.684. The SMILES string of the molecule is CCC(C)Cn1cc(CNCCOC)c(C)n1. The summed E-state index contributed by atoms with van der Waals surface area (Å²) in [7, 11) is 1.72. The molecule has 1 rings (SSSR count). The first-order valence-electron chi connectivity index (χ1n) is 6.40. The Morgan fingerprint density at radius 2 is 2.29 bits per heavy atom. The van der Waals surface area contributed by atoms with Crippen molar-refractivity contribution < 1.29 is 4.74 Å². The molecule has 1 unspecified atom stereocenters. The van der Waals surface area contributed by atoms with Crippen molar-refractivity contribution in [2.45, 2.75) is 40.3 Å². The Morgan fingerprint density at radius 1 is 1.53 bits per heavy atom. The zero-order valence-electron chi connectivity index (χ0n) is 11.5. The normalized spacial score (nSPS) is 12.9. The Kier molecular flexibility index (Phi) is 6.22. The number of nitrogens with zero attached hydrogens (tertiary/aromatic N) is 2. The van der Waals surface area contributed by atoms with Crippen LogP contribution in [0.1, 0.15) is 31.5 Å². The summed E-state index contributed by atoms with van der Waals surface area (Å²) >= 11 is 0. The molecule has 0 aliphatic carbocycles. The van der Waals surface area contributed by atoms with Crippen LogP contribution in [0.4, 0.5) is 0 Å². The van der Waals surface area contributed by atoms with Crippen molar-refractivity contribution in [3.63, 3.8) is 0 Å². The zero-order chi connectivity index (χ0) is 12.7. The Bertz CT molecular complexity index is 322. The molecule has 1 atom stereocenters. The van der Waals surface area contributed by atoms with Gasteiger partial charge < -0.3 is 10.1 Å². The smallest absolute Gasteiger partial charge is 0.0638 e. The van der Waals surface area contributed by atoms with Crippen LogP contribution < -0.4 is 5.32 Å². The lowest BCUT2D eigenvalue weighted by molar-refractivity contribution is 0.199. The molecule has 0 saturated heterocycles. The summed E-state index contributed by atoms with van der Waals surface area (Å²) in [5, 5.41) is 7.89. The fraction of sp³-hybridized carbons (Fsp3) is 0.769. The van der Waals surface area contributed by atoms with Crippen molar-refractivity contribution in [2.24, 2.45) is 5.92 Å². The van der Waals surface area contributed by atoms with Gasteiger partial charge in [-0.25, -0.2) is 0 Å². The van der Waals surface area contributed by atoms with Crippen molar-refractivity contribution in [2.75, 3.05) is 20.3 Å².